The summed E-state index contributed by atoms with van der Waals surface area (Å²) in [4.78, 5) is 9.24. The Bertz CT molecular complexity index is 509. The van der Waals surface area contributed by atoms with Gasteiger partial charge in [0.1, 0.15) is 11.6 Å². The molecule has 0 aliphatic carbocycles. The highest BCUT2D eigenvalue weighted by Crippen LogP contribution is 2.20. The fourth-order valence-electron chi connectivity index (χ4n) is 1.97. The van der Waals surface area contributed by atoms with Gasteiger partial charge < -0.3 is 5.32 Å². The second-order valence-corrected chi connectivity index (χ2v) is 4.55. The van der Waals surface area contributed by atoms with Crippen LogP contribution in [0.4, 0.5) is 5.82 Å². The summed E-state index contributed by atoms with van der Waals surface area (Å²) in [5.74, 6) is 1.85. The molecule has 0 aliphatic rings. The van der Waals surface area contributed by atoms with E-state index < -0.39 is 0 Å². The highest BCUT2D eigenvalue weighted by Gasteiger charge is 2.05. The minimum atomic E-state index is 0.873. The summed E-state index contributed by atoms with van der Waals surface area (Å²) in [7, 11) is 0. The summed E-state index contributed by atoms with van der Waals surface area (Å²) in [6, 6.07) is 12.3. The molecule has 0 saturated carbocycles. The van der Waals surface area contributed by atoms with Crippen molar-refractivity contribution >= 4 is 5.82 Å². The Labute approximate surface area is 115 Å². The molecule has 1 N–H and O–H groups in total. The number of nitrogens with one attached hydrogen (secondary N) is 1. The zero-order chi connectivity index (χ0) is 13.5. The lowest BCUT2D eigenvalue weighted by Gasteiger charge is -2.09. The van der Waals surface area contributed by atoms with Crippen molar-refractivity contribution in [2.24, 2.45) is 0 Å². The van der Waals surface area contributed by atoms with Gasteiger partial charge in [-0.15, -0.1) is 0 Å². The molecule has 1 aromatic heterocycles. The van der Waals surface area contributed by atoms with Crippen LogP contribution in [-0.4, -0.2) is 16.5 Å². The van der Waals surface area contributed by atoms with Crippen LogP contribution in [0.5, 0.6) is 0 Å². The Hall–Kier alpha value is -1.90. The smallest absolute Gasteiger partial charge is 0.131 e. The molecule has 0 aliphatic heterocycles. The Morgan fingerprint density at radius 3 is 2.53 bits per heavy atom. The molecule has 2 aromatic rings. The molecule has 3 nitrogen and oxygen atoms in total. The van der Waals surface area contributed by atoms with E-state index in [2.05, 4.69) is 41.3 Å². The van der Waals surface area contributed by atoms with Gasteiger partial charge in [-0.2, -0.15) is 0 Å². The van der Waals surface area contributed by atoms with Gasteiger partial charge in [0.05, 0.1) is 5.69 Å². The number of hydrogen-bond acceptors (Lipinski definition) is 3. The van der Waals surface area contributed by atoms with Crippen LogP contribution in [0.1, 0.15) is 32.5 Å². The lowest BCUT2D eigenvalue weighted by molar-refractivity contribution is 0.753. The van der Waals surface area contributed by atoms with E-state index in [-0.39, 0.29) is 0 Å². The zero-order valence-corrected chi connectivity index (χ0v) is 11.7. The number of benzene rings is 1. The van der Waals surface area contributed by atoms with E-state index in [1.165, 1.54) is 0 Å². The maximum absolute atomic E-state index is 4.67. The van der Waals surface area contributed by atoms with Crippen molar-refractivity contribution in [2.45, 2.75) is 33.1 Å². The predicted octanol–water partition coefficient (Wildman–Crippen LogP) is 3.92. The average molecular weight is 255 g/mol. The molecule has 0 amide bonds. The first-order valence-electron chi connectivity index (χ1n) is 7.00. The standard InChI is InChI=1S/C16H21N3/c1-3-5-11-15-18-14(12-16(19-15)17-4-2)13-9-7-6-8-10-13/h6-10,12H,3-5,11H2,1-2H3,(H,17,18,19). The van der Waals surface area contributed by atoms with E-state index in [9.17, 15) is 0 Å². The maximum Gasteiger partial charge on any atom is 0.131 e. The molecule has 1 heterocycles. The van der Waals surface area contributed by atoms with Gasteiger partial charge in [0, 0.05) is 24.6 Å². The number of nitrogens with zero attached hydrogens (tertiary/aromatic N) is 2. The first-order valence-corrected chi connectivity index (χ1v) is 7.00. The van der Waals surface area contributed by atoms with Crippen LogP contribution in [0.2, 0.25) is 0 Å². The first-order chi connectivity index (χ1) is 9.33. The number of aryl methyl sites for hydroxylation is 1. The highest BCUT2D eigenvalue weighted by atomic mass is 15.0. The highest BCUT2D eigenvalue weighted by molar-refractivity contribution is 5.62. The molecule has 2 rings (SSSR count). The molecule has 0 spiro atoms. The van der Waals surface area contributed by atoms with E-state index in [1.807, 2.05) is 24.3 Å². The molecule has 0 radical (unpaired) electrons. The van der Waals surface area contributed by atoms with E-state index in [0.29, 0.717) is 0 Å². The molecule has 19 heavy (non-hydrogen) atoms. The molecule has 1 aromatic carbocycles. The number of hydrogen-bond donors (Lipinski definition) is 1. The van der Waals surface area contributed by atoms with E-state index in [1.54, 1.807) is 0 Å². The van der Waals surface area contributed by atoms with Crippen molar-refractivity contribution in [3.63, 3.8) is 0 Å². The minimum absolute atomic E-state index is 0.873. The summed E-state index contributed by atoms with van der Waals surface area (Å²) >= 11 is 0. The van der Waals surface area contributed by atoms with Crippen LogP contribution in [-0.2, 0) is 6.42 Å². The first kappa shape index (κ1) is 13.5. The number of unbranched alkanes of at least 4 members (excludes halogenated alkanes) is 1. The van der Waals surface area contributed by atoms with Crippen molar-refractivity contribution in [3.05, 3.63) is 42.2 Å². The van der Waals surface area contributed by atoms with E-state index >= 15 is 0 Å². The largest absolute Gasteiger partial charge is 0.370 e. The third-order valence-corrected chi connectivity index (χ3v) is 2.95. The van der Waals surface area contributed by atoms with Crippen LogP contribution in [0.25, 0.3) is 11.3 Å². The number of anilines is 1. The Morgan fingerprint density at radius 2 is 1.84 bits per heavy atom. The topological polar surface area (TPSA) is 37.8 Å². The summed E-state index contributed by atoms with van der Waals surface area (Å²) in [5, 5.41) is 3.28. The van der Waals surface area contributed by atoms with Gasteiger partial charge in [-0.3, -0.25) is 0 Å². The van der Waals surface area contributed by atoms with Gasteiger partial charge in [0.15, 0.2) is 0 Å². The van der Waals surface area contributed by atoms with E-state index in [4.69, 9.17) is 0 Å². The Kier molecular flexibility index (Phi) is 4.90. The summed E-state index contributed by atoms with van der Waals surface area (Å²) < 4.78 is 0. The van der Waals surface area contributed by atoms with Crippen LogP contribution >= 0.6 is 0 Å². The molecule has 0 atom stereocenters. The SMILES string of the molecule is CCCCc1nc(NCC)cc(-c2ccccc2)n1. The van der Waals surface area contributed by atoms with Crippen LogP contribution < -0.4 is 5.32 Å². The monoisotopic (exact) mass is 255 g/mol. The molecule has 0 saturated heterocycles. The van der Waals surface area contributed by atoms with Crippen LogP contribution in [0.15, 0.2) is 36.4 Å². The molecule has 3 heteroatoms. The summed E-state index contributed by atoms with van der Waals surface area (Å²) in [5.41, 5.74) is 2.14. The lowest BCUT2D eigenvalue weighted by atomic mass is 10.1. The number of aromatic nitrogens is 2. The second-order valence-electron chi connectivity index (χ2n) is 4.55. The fourth-order valence-corrected chi connectivity index (χ4v) is 1.97. The molecular formula is C16H21N3. The normalized spacial score (nSPS) is 10.4. The van der Waals surface area contributed by atoms with Gasteiger partial charge in [-0.1, -0.05) is 43.7 Å². The van der Waals surface area contributed by atoms with Crippen molar-refractivity contribution in [3.8, 4) is 11.3 Å². The molecule has 100 valence electrons. The van der Waals surface area contributed by atoms with Crippen molar-refractivity contribution in [1.82, 2.24) is 9.97 Å². The van der Waals surface area contributed by atoms with Crippen LogP contribution in [0.3, 0.4) is 0 Å². The van der Waals surface area contributed by atoms with Gasteiger partial charge in [-0.05, 0) is 13.3 Å². The second kappa shape index (κ2) is 6.88. The van der Waals surface area contributed by atoms with Gasteiger partial charge in [0.2, 0.25) is 0 Å². The zero-order valence-electron chi connectivity index (χ0n) is 11.7. The van der Waals surface area contributed by atoms with Crippen molar-refractivity contribution < 1.29 is 0 Å². The fraction of sp³-hybridized carbons (Fsp3) is 0.375. The summed E-state index contributed by atoms with van der Waals surface area (Å²) in [6.45, 7) is 5.14. The third kappa shape index (κ3) is 3.78. The minimum Gasteiger partial charge on any atom is -0.370 e. The third-order valence-electron chi connectivity index (χ3n) is 2.95. The molecule has 0 unspecified atom stereocenters. The Balaban J connectivity index is 2.33. The lowest BCUT2D eigenvalue weighted by Crippen LogP contribution is -2.04. The molecule has 0 fully saturated rings. The van der Waals surface area contributed by atoms with Crippen molar-refractivity contribution in [1.29, 1.82) is 0 Å². The number of rotatable bonds is 6. The molecule has 0 bridgehead atoms. The van der Waals surface area contributed by atoms with Gasteiger partial charge in [-0.25, -0.2) is 9.97 Å². The Morgan fingerprint density at radius 1 is 1.05 bits per heavy atom. The quantitative estimate of drug-likeness (QED) is 0.850. The summed E-state index contributed by atoms with van der Waals surface area (Å²) in [6.07, 6.45) is 3.23. The average Bonchev–Trinajstić information content (AvgIpc) is 2.46. The molecular weight excluding hydrogens is 234 g/mol. The maximum atomic E-state index is 4.67. The van der Waals surface area contributed by atoms with Gasteiger partial charge >= 0.3 is 0 Å². The van der Waals surface area contributed by atoms with Gasteiger partial charge in [0.25, 0.3) is 0 Å². The van der Waals surface area contributed by atoms with E-state index in [0.717, 1.165) is 48.7 Å². The van der Waals surface area contributed by atoms with Crippen molar-refractivity contribution in [2.75, 3.05) is 11.9 Å². The van der Waals surface area contributed by atoms with Crippen LogP contribution in [0, 0.1) is 0 Å². The predicted molar refractivity (Wildman–Crippen MR) is 80.2 cm³/mol.